The van der Waals surface area contributed by atoms with Crippen LogP contribution in [0.1, 0.15) is 85.0 Å². The van der Waals surface area contributed by atoms with Crippen LogP contribution in [0, 0.1) is 5.41 Å². The first-order valence-corrected chi connectivity index (χ1v) is 7.79. The van der Waals surface area contributed by atoms with E-state index in [2.05, 4.69) is 74.4 Å². The van der Waals surface area contributed by atoms with E-state index in [9.17, 15) is 5.11 Å². The lowest BCUT2D eigenvalue weighted by molar-refractivity contribution is 0.325. The molecule has 3 N–H and O–H groups in total. The summed E-state index contributed by atoms with van der Waals surface area (Å²) < 4.78 is 0. The summed E-state index contributed by atoms with van der Waals surface area (Å²) in [6, 6.07) is 4.11. The van der Waals surface area contributed by atoms with Gasteiger partial charge in [-0.2, -0.15) is 0 Å². The van der Waals surface area contributed by atoms with E-state index in [0.717, 1.165) is 16.7 Å². The predicted octanol–water partition coefficient (Wildman–Crippen LogP) is 5.45. The van der Waals surface area contributed by atoms with E-state index in [1.165, 1.54) is 0 Å². The quantitative estimate of drug-likeness (QED) is 0.720. The van der Waals surface area contributed by atoms with Crippen molar-refractivity contribution in [1.29, 1.82) is 0 Å². The zero-order valence-corrected chi connectivity index (χ0v) is 16.5. The van der Waals surface area contributed by atoms with E-state index in [0.29, 0.717) is 5.75 Å². The third-order valence-corrected chi connectivity index (χ3v) is 4.04. The third kappa shape index (κ3) is 4.63. The Hall–Kier alpha value is -0.730. The fourth-order valence-corrected chi connectivity index (χ4v) is 2.48. The largest absolute Gasteiger partial charge is 0.507 e. The molecule has 1 aromatic rings. The average Bonchev–Trinajstić information content (AvgIpc) is 2.23. The Morgan fingerprint density at radius 1 is 0.818 bits per heavy atom. The second-order valence-electron chi connectivity index (χ2n) is 9.31. The second-order valence-corrected chi connectivity index (χ2v) is 9.31. The normalized spacial score (nSPS) is 14.5. The zero-order chi connectivity index (χ0) is 16.8. The van der Waals surface area contributed by atoms with E-state index >= 15 is 0 Å². The lowest BCUT2D eigenvalue weighted by atomic mass is 9.75. The predicted molar refractivity (Wildman–Crippen MR) is 99.1 cm³/mol. The number of phenols is 1. The van der Waals surface area contributed by atoms with E-state index in [1.807, 2.05) is 0 Å². The van der Waals surface area contributed by atoms with Gasteiger partial charge in [0, 0.05) is 6.04 Å². The topological polar surface area (TPSA) is 46.2 Å². The van der Waals surface area contributed by atoms with Crippen LogP contribution in [0.3, 0.4) is 0 Å². The Morgan fingerprint density at radius 3 is 1.36 bits per heavy atom. The van der Waals surface area contributed by atoms with Gasteiger partial charge < -0.3 is 10.8 Å². The number of aromatic hydroxyl groups is 1. The Bertz CT molecular complexity index is 481. The molecule has 2 nitrogen and oxygen atoms in total. The highest BCUT2D eigenvalue weighted by Gasteiger charge is 2.30. The van der Waals surface area contributed by atoms with Crippen molar-refractivity contribution >= 4 is 12.4 Å². The number of rotatable bonds is 1. The van der Waals surface area contributed by atoms with E-state index in [1.54, 1.807) is 0 Å². The molecule has 0 fully saturated rings. The van der Waals surface area contributed by atoms with Gasteiger partial charge in [0.05, 0.1) is 0 Å². The van der Waals surface area contributed by atoms with Crippen molar-refractivity contribution in [2.45, 2.75) is 79.2 Å². The minimum atomic E-state index is -0.113. The Balaban J connectivity index is 0.00000441. The van der Waals surface area contributed by atoms with Gasteiger partial charge in [-0.15, -0.1) is 12.4 Å². The fraction of sp³-hybridized carbons (Fsp3) is 0.684. The summed E-state index contributed by atoms with van der Waals surface area (Å²) in [5, 5.41) is 10.7. The van der Waals surface area contributed by atoms with Gasteiger partial charge in [-0.1, -0.05) is 62.3 Å². The standard InChI is InChI=1S/C19H33NO.ClH/c1-17(2,3)13-10-12(16(20)19(7,8)9)11-14(15(13)21)18(4,5)6;/h10-11,16,21H,20H2,1-9H3;1H/t16-;/m0./s1. The first-order valence-electron chi connectivity index (χ1n) is 7.79. The third-order valence-electron chi connectivity index (χ3n) is 4.04. The zero-order valence-electron chi connectivity index (χ0n) is 15.7. The van der Waals surface area contributed by atoms with Gasteiger partial charge >= 0.3 is 0 Å². The average molecular weight is 328 g/mol. The van der Waals surface area contributed by atoms with Gasteiger partial charge in [0.2, 0.25) is 0 Å². The number of hydrogen-bond acceptors (Lipinski definition) is 2. The molecule has 1 rings (SSSR count). The van der Waals surface area contributed by atoms with Crippen molar-refractivity contribution in [3.05, 3.63) is 28.8 Å². The van der Waals surface area contributed by atoms with Crippen LogP contribution < -0.4 is 5.73 Å². The molecule has 0 saturated heterocycles. The number of hydrogen-bond donors (Lipinski definition) is 2. The molecule has 0 aromatic heterocycles. The maximum absolute atomic E-state index is 10.7. The highest BCUT2D eigenvalue weighted by atomic mass is 35.5. The van der Waals surface area contributed by atoms with Crippen molar-refractivity contribution in [2.24, 2.45) is 11.1 Å². The fourth-order valence-electron chi connectivity index (χ4n) is 2.48. The first kappa shape index (κ1) is 21.3. The summed E-state index contributed by atoms with van der Waals surface area (Å²) in [7, 11) is 0. The summed E-state index contributed by atoms with van der Waals surface area (Å²) in [6.07, 6.45) is 0. The second kappa shape index (κ2) is 6.41. The number of benzene rings is 1. The highest BCUT2D eigenvalue weighted by molar-refractivity contribution is 5.85. The number of phenolic OH excluding ortho intramolecular Hbond substituents is 1. The van der Waals surface area contributed by atoms with Crippen molar-refractivity contribution in [1.82, 2.24) is 0 Å². The Morgan fingerprint density at radius 2 is 1.14 bits per heavy atom. The lowest BCUT2D eigenvalue weighted by Gasteiger charge is -2.32. The molecule has 0 bridgehead atoms. The smallest absolute Gasteiger partial charge is 0.123 e. The van der Waals surface area contributed by atoms with Crippen LogP contribution in [-0.2, 0) is 10.8 Å². The molecule has 22 heavy (non-hydrogen) atoms. The highest BCUT2D eigenvalue weighted by Crippen LogP contribution is 2.42. The van der Waals surface area contributed by atoms with Crippen LogP contribution in [0.2, 0.25) is 0 Å². The van der Waals surface area contributed by atoms with Gasteiger partial charge in [0.25, 0.3) is 0 Å². The van der Waals surface area contributed by atoms with E-state index in [-0.39, 0.29) is 34.7 Å². The van der Waals surface area contributed by atoms with Crippen molar-refractivity contribution in [3.63, 3.8) is 0 Å². The van der Waals surface area contributed by atoms with Crippen molar-refractivity contribution in [2.75, 3.05) is 0 Å². The molecule has 0 saturated carbocycles. The maximum atomic E-state index is 10.7. The van der Waals surface area contributed by atoms with Crippen LogP contribution in [-0.4, -0.2) is 5.11 Å². The van der Waals surface area contributed by atoms with Crippen LogP contribution in [0.5, 0.6) is 5.75 Å². The molecule has 1 aromatic carbocycles. The van der Waals surface area contributed by atoms with Crippen LogP contribution in [0.25, 0.3) is 0 Å². The molecule has 0 amide bonds. The van der Waals surface area contributed by atoms with Gasteiger partial charge in [-0.3, -0.25) is 0 Å². The minimum absolute atomic E-state index is 0. The summed E-state index contributed by atoms with van der Waals surface area (Å²) >= 11 is 0. The monoisotopic (exact) mass is 327 g/mol. The molecule has 0 unspecified atom stereocenters. The van der Waals surface area contributed by atoms with Gasteiger partial charge in [0.15, 0.2) is 0 Å². The lowest BCUT2D eigenvalue weighted by Crippen LogP contribution is -2.28. The van der Waals surface area contributed by atoms with Gasteiger partial charge in [-0.05, 0) is 45.1 Å². The number of nitrogens with two attached hydrogens (primary N) is 1. The molecule has 3 heteroatoms. The summed E-state index contributed by atoms with van der Waals surface area (Å²) in [5.41, 5.74) is 9.29. The molecule has 0 spiro atoms. The molecular weight excluding hydrogens is 294 g/mol. The van der Waals surface area contributed by atoms with Gasteiger partial charge in [-0.25, -0.2) is 0 Å². The maximum Gasteiger partial charge on any atom is 0.123 e. The molecule has 0 radical (unpaired) electrons. The molecule has 128 valence electrons. The van der Waals surface area contributed by atoms with Crippen molar-refractivity contribution in [3.8, 4) is 5.75 Å². The summed E-state index contributed by atoms with van der Waals surface area (Å²) in [6.45, 7) is 19.2. The van der Waals surface area contributed by atoms with Crippen LogP contribution in [0.4, 0.5) is 0 Å². The molecule has 1 atom stereocenters. The molecule has 0 heterocycles. The Kier molecular flexibility index (Phi) is 6.20. The molecule has 0 aliphatic rings. The molecule has 0 aliphatic heterocycles. The summed E-state index contributed by atoms with van der Waals surface area (Å²) in [4.78, 5) is 0. The van der Waals surface area contributed by atoms with Crippen LogP contribution >= 0.6 is 12.4 Å². The summed E-state index contributed by atoms with van der Waals surface area (Å²) in [5.74, 6) is 0.417. The van der Waals surface area contributed by atoms with Crippen LogP contribution in [0.15, 0.2) is 12.1 Å². The molecule has 0 aliphatic carbocycles. The first-order chi connectivity index (χ1) is 9.15. The molecular formula is C19H34ClNO. The minimum Gasteiger partial charge on any atom is -0.507 e. The SMILES string of the molecule is CC(C)(C)c1cc([C@H](N)C(C)(C)C)cc(C(C)(C)C)c1O.Cl. The number of halogens is 1. The van der Waals surface area contributed by atoms with E-state index < -0.39 is 0 Å². The van der Waals surface area contributed by atoms with Crippen molar-refractivity contribution < 1.29 is 5.11 Å². The van der Waals surface area contributed by atoms with E-state index in [4.69, 9.17) is 5.73 Å². The van der Waals surface area contributed by atoms with Gasteiger partial charge in [0.1, 0.15) is 5.75 Å². The Labute approximate surface area is 142 Å².